The monoisotopic (exact) mass is 290 g/mol. The van der Waals surface area contributed by atoms with Crippen LogP contribution >= 0.6 is 0 Å². The third kappa shape index (κ3) is 5.70. The molecule has 120 valence electrons. The van der Waals surface area contributed by atoms with Crippen molar-refractivity contribution in [2.45, 2.75) is 60.4 Å². The van der Waals surface area contributed by atoms with Crippen molar-refractivity contribution in [3.05, 3.63) is 29.3 Å². The Labute approximate surface area is 131 Å². The summed E-state index contributed by atoms with van der Waals surface area (Å²) < 4.78 is 0. The van der Waals surface area contributed by atoms with Gasteiger partial charge in [0.2, 0.25) is 0 Å². The summed E-state index contributed by atoms with van der Waals surface area (Å²) in [6.45, 7) is 15.7. The van der Waals surface area contributed by atoms with Crippen molar-refractivity contribution in [2.24, 2.45) is 5.41 Å². The molecule has 1 unspecified atom stereocenters. The molecule has 2 heteroatoms. The molecule has 1 rings (SSSR count). The van der Waals surface area contributed by atoms with Gasteiger partial charge in [-0.3, -0.25) is 0 Å². The van der Waals surface area contributed by atoms with Crippen molar-refractivity contribution >= 4 is 5.69 Å². The minimum Gasteiger partial charge on any atom is -0.374 e. The summed E-state index contributed by atoms with van der Waals surface area (Å²) in [6.07, 6.45) is 2.49. The lowest BCUT2D eigenvalue weighted by molar-refractivity contribution is 0.275. The van der Waals surface area contributed by atoms with Gasteiger partial charge in [-0.05, 0) is 37.3 Å². The van der Waals surface area contributed by atoms with Crippen LogP contribution in [0.3, 0.4) is 0 Å². The number of hydrogen-bond acceptors (Lipinski definition) is 2. The highest BCUT2D eigenvalue weighted by Gasteiger charge is 2.25. The Kier molecular flexibility index (Phi) is 6.73. The smallest absolute Gasteiger partial charge is 0.0393 e. The topological polar surface area (TPSA) is 15.3 Å². The minimum atomic E-state index is 0.311. The van der Waals surface area contributed by atoms with E-state index in [1.807, 2.05) is 0 Å². The van der Waals surface area contributed by atoms with Gasteiger partial charge in [0, 0.05) is 31.9 Å². The van der Waals surface area contributed by atoms with Gasteiger partial charge in [-0.25, -0.2) is 0 Å². The largest absolute Gasteiger partial charge is 0.374 e. The van der Waals surface area contributed by atoms with Gasteiger partial charge in [0.1, 0.15) is 0 Å². The molecule has 0 aliphatic carbocycles. The highest BCUT2D eigenvalue weighted by atomic mass is 15.1. The van der Waals surface area contributed by atoms with E-state index in [1.54, 1.807) is 0 Å². The molecule has 0 fully saturated rings. The lowest BCUT2D eigenvalue weighted by atomic mass is 9.84. The average Bonchev–Trinajstić information content (AvgIpc) is 2.36. The van der Waals surface area contributed by atoms with E-state index in [9.17, 15) is 0 Å². The maximum absolute atomic E-state index is 3.62. The second kappa shape index (κ2) is 7.84. The zero-order chi connectivity index (χ0) is 16.0. The first-order chi connectivity index (χ1) is 9.77. The molecule has 21 heavy (non-hydrogen) atoms. The van der Waals surface area contributed by atoms with Crippen molar-refractivity contribution < 1.29 is 0 Å². The summed E-state index contributed by atoms with van der Waals surface area (Å²) in [5.41, 5.74) is 4.37. The van der Waals surface area contributed by atoms with Crippen molar-refractivity contribution in [3.8, 4) is 0 Å². The van der Waals surface area contributed by atoms with Crippen molar-refractivity contribution in [3.63, 3.8) is 0 Å². The maximum atomic E-state index is 3.62. The van der Waals surface area contributed by atoms with E-state index in [2.05, 4.69) is 77.0 Å². The van der Waals surface area contributed by atoms with Gasteiger partial charge in [0.15, 0.2) is 0 Å². The third-order valence-electron chi connectivity index (χ3n) is 4.17. The van der Waals surface area contributed by atoms with Crippen LogP contribution in [0.25, 0.3) is 0 Å². The Bertz CT molecular complexity index is 439. The van der Waals surface area contributed by atoms with Crippen LogP contribution < -0.4 is 10.2 Å². The van der Waals surface area contributed by atoms with Crippen molar-refractivity contribution in [1.82, 2.24) is 5.32 Å². The summed E-state index contributed by atoms with van der Waals surface area (Å²) in [4.78, 5) is 2.42. The second-order valence-electron chi connectivity index (χ2n) is 7.24. The Balaban J connectivity index is 2.81. The predicted octanol–water partition coefficient (Wildman–Crippen LogP) is 4.54. The molecule has 0 amide bonds. The normalized spacial score (nSPS) is 14.3. The van der Waals surface area contributed by atoms with Crippen LogP contribution in [-0.2, 0) is 0 Å². The average molecular weight is 290 g/mol. The molecule has 0 saturated heterocycles. The fourth-order valence-electron chi connectivity index (χ4n) is 3.17. The summed E-state index contributed by atoms with van der Waals surface area (Å²) in [7, 11) is 2.22. The summed E-state index contributed by atoms with van der Waals surface area (Å²) in [5.74, 6) is 0. The molecule has 1 aromatic carbocycles. The van der Waals surface area contributed by atoms with E-state index in [0.717, 1.165) is 13.1 Å². The van der Waals surface area contributed by atoms with Gasteiger partial charge in [-0.2, -0.15) is 0 Å². The molecule has 0 spiro atoms. The van der Waals surface area contributed by atoms with Crippen molar-refractivity contribution in [1.29, 1.82) is 0 Å². The zero-order valence-electron chi connectivity index (χ0n) is 15.1. The molecular weight excluding hydrogens is 256 g/mol. The lowest BCUT2D eigenvalue weighted by Gasteiger charge is -2.36. The molecule has 0 radical (unpaired) electrons. The van der Waals surface area contributed by atoms with Crippen LogP contribution in [0.5, 0.6) is 0 Å². The van der Waals surface area contributed by atoms with Crippen LogP contribution in [0.4, 0.5) is 5.69 Å². The van der Waals surface area contributed by atoms with Crippen molar-refractivity contribution in [2.75, 3.05) is 25.0 Å². The molecule has 2 nitrogen and oxygen atoms in total. The summed E-state index contributed by atoms with van der Waals surface area (Å²) in [6, 6.07) is 7.29. The first-order valence-corrected chi connectivity index (χ1v) is 8.29. The van der Waals surface area contributed by atoms with Gasteiger partial charge in [-0.15, -0.1) is 0 Å². The highest BCUT2D eigenvalue weighted by molar-refractivity contribution is 5.53. The number of benzene rings is 1. The SMILES string of the molecule is CCCC(C)(CNC(C)C)CN(C)c1ccc(C)cc1C. The Morgan fingerprint density at radius 1 is 1.24 bits per heavy atom. The van der Waals surface area contributed by atoms with Gasteiger partial charge >= 0.3 is 0 Å². The molecule has 0 saturated carbocycles. The summed E-state index contributed by atoms with van der Waals surface area (Å²) >= 11 is 0. The molecule has 0 aliphatic heterocycles. The van der Waals surface area contributed by atoms with Crippen LogP contribution in [0.1, 0.15) is 51.7 Å². The Morgan fingerprint density at radius 3 is 2.43 bits per heavy atom. The summed E-state index contributed by atoms with van der Waals surface area (Å²) in [5, 5.41) is 3.62. The number of nitrogens with one attached hydrogen (secondary N) is 1. The molecule has 0 bridgehead atoms. The first-order valence-electron chi connectivity index (χ1n) is 8.29. The number of aryl methyl sites for hydroxylation is 2. The van der Waals surface area contributed by atoms with E-state index >= 15 is 0 Å². The molecule has 0 aromatic heterocycles. The second-order valence-corrected chi connectivity index (χ2v) is 7.24. The molecule has 1 aromatic rings. The molecule has 0 heterocycles. The lowest BCUT2D eigenvalue weighted by Crippen LogP contribution is -2.43. The van der Waals surface area contributed by atoms with Gasteiger partial charge in [-0.1, -0.05) is 51.8 Å². The molecule has 1 atom stereocenters. The first kappa shape index (κ1) is 18.0. The van der Waals surface area contributed by atoms with E-state index < -0.39 is 0 Å². The highest BCUT2D eigenvalue weighted by Crippen LogP contribution is 2.28. The number of hydrogen-bond donors (Lipinski definition) is 1. The van der Waals surface area contributed by atoms with E-state index in [0.29, 0.717) is 11.5 Å². The molecule has 0 aliphatic rings. The number of anilines is 1. The van der Waals surface area contributed by atoms with E-state index in [4.69, 9.17) is 0 Å². The number of rotatable bonds is 8. The zero-order valence-corrected chi connectivity index (χ0v) is 15.1. The predicted molar refractivity (Wildman–Crippen MR) is 95.3 cm³/mol. The van der Waals surface area contributed by atoms with Crippen LogP contribution in [0.15, 0.2) is 18.2 Å². The standard InChI is InChI=1S/C19H34N2/c1-8-11-19(6,13-20-15(2)3)14-21(7)18-10-9-16(4)12-17(18)5/h9-10,12,15,20H,8,11,13-14H2,1-7H3. The third-order valence-corrected chi connectivity index (χ3v) is 4.17. The van der Waals surface area contributed by atoms with E-state index in [1.165, 1.54) is 29.7 Å². The van der Waals surface area contributed by atoms with Gasteiger partial charge in [0.05, 0.1) is 0 Å². The maximum Gasteiger partial charge on any atom is 0.0393 e. The van der Waals surface area contributed by atoms with Gasteiger partial charge < -0.3 is 10.2 Å². The minimum absolute atomic E-state index is 0.311. The Hall–Kier alpha value is -1.02. The van der Waals surface area contributed by atoms with Crippen LogP contribution in [0, 0.1) is 19.3 Å². The van der Waals surface area contributed by atoms with Crippen LogP contribution in [0.2, 0.25) is 0 Å². The Morgan fingerprint density at radius 2 is 1.90 bits per heavy atom. The fraction of sp³-hybridized carbons (Fsp3) is 0.684. The van der Waals surface area contributed by atoms with Crippen LogP contribution in [-0.4, -0.2) is 26.2 Å². The quantitative estimate of drug-likeness (QED) is 0.756. The van der Waals surface area contributed by atoms with Gasteiger partial charge in [0.25, 0.3) is 0 Å². The van der Waals surface area contributed by atoms with E-state index in [-0.39, 0.29) is 0 Å². The number of nitrogens with zero attached hydrogens (tertiary/aromatic N) is 1. The fourth-order valence-corrected chi connectivity index (χ4v) is 3.17. The molecule has 1 N–H and O–H groups in total. The molecular formula is C19H34N2.